The number of rotatable bonds is 6. The summed E-state index contributed by atoms with van der Waals surface area (Å²) in [4.78, 5) is 0. The topological polar surface area (TPSA) is 21.3 Å². The number of hydrogen-bond acceptors (Lipinski definition) is 2. The molecule has 1 N–H and O–H groups in total. The Morgan fingerprint density at radius 1 is 1.19 bits per heavy atom. The molecule has 0 aliphatic heterocycles. The zero-order chi connectivity index (χ0) is 12.0. The third-order valence-corrected chi connectivity index (χ3v) is 3.08. The largest absolute Gasteiger partial charge is 0.496 e. The molecular formula is C14H23NO. The Morgan fingerprint density at radius 3 is 2.38 bits per heavy atom. The van der Waals surface area contributed by atoms with Gasteiger partial charge < -0.3 is 10.1 Å². The summed E-state index contributed by atoms with van der Waals surface area (Å²) < 4.78 is 5.38. The quantitative estimate of drug-likeness (QED) is 0.793. The van der Waals surface area contributed by atoms with Crippen molar-refractivity contribution in [3.8, 4) is 5.75 Å². The monoisotopic (exact) mass is 221 g/mol. The van der Waals surface area contributed by atoms with E-state index in [-0.39, 0.29) is 0 Å². The van der Waals surface area contributed by atoms with Gasteiger partial charge in [0, 0.05) is 17.6 Å². The molecule has 1 aromatic carbocycles. The molecule has 0 aliphatic carbocycles. The summed E-state index contributed by atoms with van der Waals surface area (Å²) in [5.41, 5.74) is 1.23. The second kappa shape index (κ2) is 6.54. The lowest BCUT2D eigenvalue weighted by Crippen LogP contribution is -2.30. The second-order valence-corrected chi connectivity index (χ2v) is 4.14. The van der Waals surface area contributed by atoms with Crippen LogP contribution < -0.4 is 10.1 Å². The zero-order valence-corrected chi connectivity index (χ0v) is 10.8. The molecule has 0 amide bonds. The lowest BCUT2D eigenvalue weighted by molar-refractivity contribution is 0.387. The van der Waals surface area contributed by atoms with Crippen molar-refractivity contribution >= 4 is 0 Å². The Bertz CT molecular complexity index is 307. The SMILES string of the molecule is CCC(CC)N[C@H](C)c1ccccc1OC. The molecule has 0 saturated heterocycles. The molecule has 0 aromatic heterocycles. The van der Waals surface area contributed by atoms with Crippen LogP contribution in [0.4, 0.5) is 0 Å². The molecule has 1 aromatic rings. The number of benzene rings is 1. The van der Waals surface area contributed by atoms with E-state index in [1.165, 1.54) is 5.56 Å². The first-order valence-corrected chi connectivity index (χ1v) is 6.11. The van der Waals surface area contributed by atoms with Crippen LogP contribution in [0.2, 0.25) is 0 Å². The highest BCUT2D eigenvalue weighted by Crippen LogP contribution is 2.25. The summed E-state index contributed by atoms with van der Waals surface area (Å²) in [6, 6.07) is 9.12. The number of para-hydroxylation sites is 1. The molecule has 1 atom stereocenters. The Kier molecular flexibility index (Phi) is 5.33. The third-order valence-electron chi connectivity index (χ3n) is 3.08. The summed E-state index contributed by atoms with van der Waals surface area (Å²) in [7, 11) is 1.72. The van der Waals surface area contributed by atoms with Crippen molar-refractivity contribution < 1.29 is 4.74 Å². The summed E-state index contributed by atoms with van der Waals surface area (Å²) in [6.45, 7) is 6.63. The molecule has 0 fully saturated rings. The van der Waals surface area contributed by atoms with Gasteiger partial charge in [0.15, 0.2) is 0 Å². The minimum Gasteiger partial charge on any atom is -0.496 e. The standard InChI is InChI=1S/C14H23NO/c1-5-12(6-2)15-11(3)13-9-7-8-10-14(13)16-4/h7-12,15H,5-6H2,1-4H3/t11-/m1/s1. The van der Waals surface area contributed by atoms with Crippen molar-refractivity contribution in [3.63, 3.8) is 0 Å². The van der Waals surface area contributed by atoms with Gasteiger partial charge in [-0.05, 0) is 25.8 Å². The third kappa shape index (κ3) is 3.24. The van der Waals surface area contributed by atoms with Crippen molar-refractivity contribution in [2.75, 3.05) is 7.11 Å². The summed E-state index contributed by atoms with van der Waals surface area (Å²) in [5, 5.41) is 3.63. The molecule has 2 heteroatoms. The van der Waals surface area contributed by atoms with Gasteiger partial charge in [-0.1, -0.05) is 32.0 Å². The summed E-state index contributed by atoms with van der Waals surface area (Å²) in [5.74, 6) is 0.966. The molecule has 0 spiro atoms. The van der Waals surface area contributed by atoms with Crippen LogP contribution in [0.1, 0.15) is 45.2 Å². The molecule has 0 saturated carbocycles. The fourth-order valence-corrected chi connectivity index (χ4v) is 1.99. The Balaban J connectivity index is 2.75. The first-order valence-electron chi connectivity index (χ1n) is 6.11. The smallest absolute Gasteiger partial charge is 0.123 e. The average molecular weight is 221 g/mol. The minimum absolute atomic E-state index is 0.334. The molecular weight excluding hydrogens is 198 g/mol. The number of nitrogens with one attached hydrogen (secondary N) is 1. The van der Waals surface area contributed by atoms with Gasteiger partial charge in [-0.25, -0.2) is 0 Å². The summed E-state index contributed by atoms with van der Waals surface area (Å²) >= 11 is 0. The van der Waals surface area contributed by atoms with Crippen molar-refractivity contribution in [3.05, 3.63) is 29.8 Å². The molecule has 90 valence electrons. The van der Waals surface area contributed by atoms with Crippen molar-refractivity contribution in [2.24, 2.45) is 0 Å². The molecule has 1 rings (SSSR count). The lowest BCUT2D eigenvalue weighted by Gasteiger charge is -2.22. The second-order valence-electron chi connectivity index (χ2n) is 4.14. The number of hydrogen-bond donors (Lipinski definition) is 1. The van der Waals surface area contributed by atoms with Crippen LogP contribution in [-0.2, 0) is 0 Å². The fraction of sp³-hybridized carbons (Fsp3) is 0.571. The number of ether oxygens (including phenoxy) is 1. The van der Waals surface area contributed by atoms with Gasteiger partial charge in [0.05, 0.1) is 7.11 Å². The van der Waals surface area contributed by atoms with E-state index < -0.39 is 0 Å². The average Bonchev–Trinajstić information content (AvgIpc) is 2.35. The lowest BCUT2D eigenvalue weighted by atomic mass is 10.0. The maximum Gasteiger partial charge on any atom is 0.123 e. The fourth-order valence-electron chi connectivity index (χ4n) is 1.99. The van der Waals surface area contributed by atoms with Gasteiger partial charge in [0.1, 0.15) is 5.75 Å². The first-order chi connectivity index (χ1) is 7.72. The molecule has 2 nitrogen and oxygen atoms in total. The zero-order valence-electron chi connectivity index (χ0n) is 10.8. The Hall–Kier alpha value is -1.02. The van der Waals surface area contributed by atoms with Crippen molar-refractivity contribution in [1.82, 2.24) is 5.32 Å². The van der Waals surface area contributed by atoms with E-state index in [0.717, 1.165) is 18.6 Å². The Labute approximate surface area is 99.0 Å². The van der Waals surface area contributed by atoms with Crippen LogP contribution in [-0.4, -0.2) is 13.2 Å². The van der Waals surface area contributed by atoms with E-state index in [9.17, 15) is 0 Å². The van der Waals surface area contributed by atoms with Gasteiger partial charge in [-0.15, -0.1) is 0 Å². The van der Waals surface area contributed by atoms with E-state index in [1.807, 2.05) is 12.1 Å². The van der Waals surface area contributed by atoms with Crippen LogP contribution in [0.15, 0.2) is 24.3 Å². The van der Waals surface area contributed by atoms with E-state index >= 15 is 0 Å². The molecule has 16 heavy (non-hydrogen) atoms. The molecule has 0 radical (unpaired) electrons. The van der Waals surface area contributed by atoms with Crippen LogP contribution in [0.5, 0.6) is 5.75 Å². The predicted octanol–water partition coefficient (Wildman–Crippen LogP) is 3.53. The van der Waals surface area contributed by atoms with Crippen LogP contribution in [0.25, 0.3) is 0 Å². The highest BCUT2D eigenvalue weighted by molar-refractivity contribution is 5.35. The van der Waals surface area contributed by atoms with E-state index in [0.29, 0.717) is 12.1 Å². The first kappa shape index (κ1) is 13.0. The van der Waals surface area contributed by atoms with Crippen LogP contribution >= 0.6 is 0 Å². The van der Waals surface area contributed by atoms with Crippen molar-refractivity contribution in [2.45, 2.75) is 45.7 Å². The molecule has 0 heterocycles. The maximum atomic E-state index is 5.38. The normalized spacial score (nSPS) is 12.8. The maximum absolute atomic E-state index is 5.38. The van der Waals surface area contributed by atoms with Crippen LogP contribution in [0, 0.1) is 0 Å². The van der Waals surface area contributed by atoms with E-state index in [1.54, 1.807) is 7.11 Å². The number of methoxy groups -OCH3 is 1. The minimum atomic E-state index is 0.334. The van der Waals surface area contributed by atoms with Gasteiger partial charge in [-0.2, -0.15) is 0 Å². The van der Waals surface area contributed by atoms with Gasteiger partial charge >= 0.3 is 0 Å². The molecule has 0 unspecified atom stereocenters. The van der Waals surface area contributed by atoms with Gasteiger partial charge in [-0.3, -0.25) is 0 Å². The van der Waals surface area contributed by atoms with Crippen LogP contribution in [0.3, 0.4) is 0 Å². The van der Waals surface area contributed by atoms with Gasteiger partial charge in [0.25, 0.3) is 0 Å². The van der Waals surface area contributed by atoms with E-state index in [2.05, 4.69) is 38.2 Å². The summed E-state index contributed by atoms with van der Waals surface area (Å²) in [6.07, 6.45) is 2.33. The molecule has 0 bridgehead atoms. The Morgan fingerprint density at radius 2 is 1.81 bits per heavy atom. The molecule has 0 aliphatic rings. The van der Waals surface area contributed by atoms with Crippen molar-refractivity contribution in [1.29, 1.82) is 0 Å². The van der Waals surface area contributed by atoms with Gasteiger partial charge in [0.2, 0.25) is 0 Å². The highest BCUT2D eigenvalue weighted by Gasteiger charge is 2.13. The van der Waals surface area contributed by atoms with E-state index in [4.69, 9.17) is 4.74 Å². The highest BCUT2D eigenvalue weighted by atomic mass is 16.5. The predicted molar refractivity (Wildman–Crippen MR) is 68.9 cm³/mol.